The van der Waals surface area contributed by atoms with Crippen molar-refractivity contribution in [3.63, 3.8) is 0 Å². The average Bonchev–Trinajstić information content (AvgIpc) is 2.13. The Morgan fingerprint density at radius 2 is 1.16 bits per heavy atom. The third-order valence-corrected chi connectivity index (χ3v) is 10.6. The number of rotatable bonds is 5. The molecule has 0 aromatic heterocycles. The molecule has 112 valence electrons. The van der Waals surface area contributed by atoms with E-state index in [-0.39, 0.29) is 22.0 Å². The normalized spacial score (nSPS) is 13.3. The van der Waals surface area contributed by atoms with Crippen molar-refractivity contribution >= 4 is 19.4 Å². The highest BCUT2D eigenvalue weighted by atomic mass is 28.3. The van der Waals surface area contributed by atoms with Gasteiger partial charge in [-0.25, -0.2) is 4.79 Å². The first-order chi connectivity index (χ1) is 8.37. The first-order valence-electron chi connectivity index (χ1n) is 7.15. The zero-order chi connectivity index (χ0) is 15.6. The molecule has 0 aromatic rings. The lowest BCUT2D eigenvalue weighted by Crippen LogP contribution is -2.56. The van der Waals surface area contributed by atoms with Crippen molar-refractivity contribution in [1.82, 2.24) is 0 Å². The van der Waals surface area contributed by atoms with Gasteiger partial charge in [0.05, 0.1) is 0 Å². The highest BCUT2D eigenvalue weighted by Gasteiger charge is 2.53. The van der Waals surface area contributed by atoms with Crippen molar-refractivity contribution in [2.24, 2.45) is 0 Å². The summed E-state index contributed by atoms with van der Waals surface area (Å²) in [5.41, 5.74) is 0.0743. The molecule has 0 fully saturated rings. The molecule has 0 spiro atoms. The Morgan fingerprint density at radius 3 is 1.37 bits per heavy atom. The molecule has 0 radical (unpaired) electrons. The van der Waals surface area contributed by atoms with Gasteiger partial charge in [0.15, 0.2) is 8.07 Å². The molecule has 0 aliphatic heterocycles. The molecular formula is C15H30O3Si. The molecule has 0 saturated heterocycles. The molecule has 19 heavy (non-hydrogen) atoms. The zero-order valence-corrected chi connectivity index (χ0v) is 15.0. The third-order valence-electron chi connectivity index (χ3n) is 3.84. The topological polar surface area (TPSA) is 43.4 Å². The van der Waals surface area contributed by atoms with Gasteiger partial charge in [-0.3, -0.25) is 4.79 Å². The van der Waals surface area contributed by atoms with Crippen LogP contribution < -0.4 is 0 Å². The van der Waals surface area contributed by atoms with Crippen LogP contribution in [0.15, 0.2) is 0 Å². The third kappa shape index (κ3) is 3.91. The van der Waals surface area contributed by atoms with E-state index < -0.39 is 19.6 Å². The first kappa shape index (κ1) is 18.4. The quantitative estimate of drug-likeness (QED) is 0.434. The summed E-state index contributed by atoms with van der Waals surface area (Å²) in [6, 6.07) is 0. The van der Waals surface area contributed by atoms with Gasteiger partial charge < -0.3 is 4.74 Å². The number of hydrogen-bond donors (Lipinski definition) is 0. The maximum absolute atomic E-state index is 12.8. The molecule has 3 nitrogen and oxygen atoms in total. The van der Waals surface area contributed by atoms with Crippen LogP contribution in [0.2, 0.25) is 16.6 Å². The predicted octanol–water partition coefficient (Wildman–Crippen LogP) is 4.12. The van der Waals surface area contributed by atoms with Gasteiger partial charge in [-0.2, -0.15) is 0 Å². The number of esters is 1. The Hall–Kier alpha value is -0.643. The molecule has 0 unspecified atom stereocenters. The molecule has 0 aliphatic carbocycles. The largest absolute Gasteiger partial charge is 0.455 e. The predicted molar refractivity (Wildman–Crippen MR) is 81.9 cm³/mol. The second-order valence-corrected chi connectivity index (χ2v) is 13.0. The van der Waals surface area contributed by atoms with Crippen molar-refractivity contribution in [2.45, 2.75) is 84.5 Å². The van der Waals surface area contributed by atoms with Gasteiger partial charge >= 0.3 is 5.97 Å². The van der Waals surface area contributed by atoms with E-state index in [1.165, 1.54) is 0 Å². The number of hydrogen-bond acceptors (Lipinski definition) is 3. The molecule has 0 aromatic carbocycles. The Kier molecular flexibility index (Phi) is 5.99. The summed E-state index contributed by atoms with van der Waals surface area (Å²) in [6.07, 6.45) is 0. The van der Waals surface area contributed by atoms with Crippen molar-refractivity contribution in [2.75, 3.05) is 0 Å². The molecule has 0 heterocycles. The first-order valence-corrected chi connectivity index (χ1v) is 9.38. The minimum Gasteiger partial charge on any atom is -0.455 e. The number of ether oxygens (including phenoxy) is 1. The van der Waals surface area contributed by atoms with Crippen molar-refractivity contribution in [1.29, 1.82) is 0 Å². The van der Waals surface area contributed by atoms with E-state index in [2.05, 4.69) is 41.5 Å². The summed E-state index contributed by atoms with van der Waals surface area (Å²) < 4.78 is 5.30. The van der Waals surface area contributed by atoms with E-state index in [0.717, 1.165) is 0 Å². The van der Waals surface area contributed by atoms with Crippen LogP contribution in [0.25, 0.3) is 0 Å². The number of carbonyl (C=O) groups is 2. The van der Waals surface area contributed by atoms with E-state index in [0.29, 0.717) is 0 Å². The molecule has 0 bridgehead atoms. The maximum atomic E-state index is 12.8. The van der Waals surface area contributed by atoms with Crippen molar-refractivity contribution in [3.05, 3.63) is 0 Å². The van der Waals surface area contributed by atoms with Crippen LogP contribution in [0.3, 0.4) is 0 Å². The Morgan fingerprint density at radius 1 is 0.842 bits per heavy atom. The minimum absolute atomic E-state index is 0.229. The summed E-state index contributed by atoms with van der Waals surface area (Å²) >= 11 is 0. The van der Waals surface area contributed by atoms with Crippen LogP contribution in [0.4, 0.5) is 0 Å². The van der Waals surface area contributed by atoms with E-state index in [1.807, 2.05) is 0 Å². The summed E-state index contributed by atoms with van der Waals surface area (Å²) in [5.74, 6) is -0.643. The fourth-order valence-corrected chi connectivity index (χ4v) is 9.27. The van der Waals surface area contributed by atoms with Crippen LogP contribution in [0.5, 0.6) is 0 Å². The van der Waals surface area contributed by atoms with E-state index in [1.54, 1.807) is 20.8 Å². The van der Waals surface area contributed by atoms with Gasteiger partial charge in [0, 0.05) is 0 Å². The summed E-state index contributed by atoms with van der Waals surface area (Å²) in [4.78, 5) is 24.9. The monoisotopic (exact) mass is 286 g/mol. The highest BCUT2D eigenvalue weighted by Crippen LogP contribution is 2.42. The maximum Gasteiger partial charge on any atom is 0.369 e. The second kappa shape index (κ2) is 6.20. The number of carbonyl (C=O) groups excluding carboxylic acids is 2. The molecule has 0 atom stereocenters. The lowest BCUT2D eigenvalue weighted by Gasteiger charge is -2.40. The molecule has 4 heteroatoms. The van der Waals surface area contributed by atoms with Gasteiger partial charge in [0.1, 0.15) is 5.60 Å². The molecule has 0 rings (SSSR count). The smallest absolute Gasteiger partial charge is 0.369 e. The molecule has 0 N–H and O–H groups in total. The standard InChI is InChI=1S/C15H30O3Si/c1-10(2)19(11(3)4,12(5)6)14(17)13(16)18-15(7,8)9/h10-12H,1-9H3. The lowest BCUT2D eigenvalue weighted by molar-refractivity contribution is -0.159. The van der Waals surface area contributed by atoms with Crippen LogP contribution in [0.1, 0.15) is 62.3 Å². The van der Waals surface area contributed by atoms with Gasteiger partial charge in [-0.15, -0.1) is 0 Å². The molecule has 0 amide bonds. The van der Waals surface area contributed by atoms with E-state index in [4.69, 9.17) is 4.74 Å². The molecular weight excluding hydrogens is 256 g/mol. The van der Waals surface area contributed by atoms with Gasteiger partial charge in [0.25, 0.3) is 0 Å². The minimum atomic E-state index is -2.41. The Labute approximate surface area is 119 Å². The SMILES string of the molecule is CC(C)[Si](C(=O)C(=O)OC(C)(C)C)(C(C)C)C(C)C. The van der Waals surface area contributed by atoms with Crippen LogP contribution >= 0.6 is 0 Å². The second-order valence-electron chi connectivity index (χ2n) is 7.23. The van der Waals surface area contributed by atoms with Gasteiger partial charge in [-0.05, 0) is 37.4 Å². The highest BCUT2D eigenvalue weighted by molar-refractivity contribution is 7.15. The van der Waals surface area contributed by atoms with Crippen molar-refractivity contribution in [3.8, 4) is 0 Å². The van der Waals surface area contributed by atoms with Crippen LogP contribution in [-0.2, 0) is 14.3 Å². The fraction of sp³-hybridized carbons (Fsp3) is 0.867. The van der Waals surface area contributed by atoms with Gasteiger partial charge in [0.2, 0.25) is 5.41 Å². The van der Waals surface area contributed by atoms with Crippen LogP contribution in [0, 0.1) is 0 Å². The summed E-state index contributed by atoms with van der Waals surface area (Å²) in [5, 5.41) is -0.248. The zero-order valence-electron chi connectivity index (χ0n) is 14.0. The van der Waals surface area contributed by atoms with E-state index >= 15 is 0 Å². The Balaban J connectivity index is 5.53. The fourth-order valence-electron chi connectivity index (χ4n) is 3.29. The molecule has 0 aliphatic rings. The van der Waals surface area contributed by atoms with E-state index in [9.17, 15) is 9.59 Å². The van der Waals surface area contributed by atoms with Gasteiger partial charge in [-0.1, -0.05) is 41.5 Å². The lowest BCUT2D eigenvalue weighted by atomic mass is 10.2. The summed E-state index contributed by atoms with van der Waals surface area (Å²) in [6.45, 7) is 17.8. The Bertz CT molecular complexity index is 316. The van der Waals surface area contributed by atoms with Crippen LogP contribution in [-0.4, -0.2) is 25.1 Å². The van der Waals surface area contributed by atoms with Crippen molar-refractivity contribution < 1.29 is 14.3 Å². The average molecular weight is 286 g/mol. The summed E-state index contributed by atoms with van der Waals surface area (Å²) in [7, 11) is -2.41. The molecule has 0 saturated carbocycles.